The monoisotopic (exact) mass is 342 g/mol. The largest absolute Gasteiger partial charge is 0.350 e. The zero-order valence-corrected chi connectivity index (χ0v) is 13.7. The maximum Gasteiger partial charge on any atom is 0.252 e. The molecule has 5 heteroatoms. The average molecular weight is 343 g/mol. The topological polar surface area (TPSA) is 32.3 Å². The molecule has 0 aliphatic heterocycles. The van der Waals surface area contributed by atoms with Gasteiger partial charge in [-0.2, -0.15) is 0 Å². The zero-order valence-electron chi connectivity index (χ0n) is 11.2. The fourth-order valence-electron chi connectivity index (χ4n) is 2.01. The number of hydrogen-bond donors (Lipinski definition) is 2. The van der Waals surface area contributed by atoms with Gasteiger partial charge >= 0.3 is 0 Å². The van der Waals surface area contributed by atoms with E-state index in [0.717, 1.165) is 9.37 Å². The first-order valence-corrected chi connectivity index (χ1v) is 7.71. The van der Waals surface area contributed by atoms with Crippen molar-refractivity contribution >= 4 is 34.5 Å². The molecule has 1 fully saturated rings. The number of thiol groups is 1. The van der Waals surface area contributed by atoms with E-state index < -0.39 is 0 Å². The van der Waals surface area contributed by atoms with Crippen LogP contribution in [0.5, 0.6) is 0 Å². The summed E-state index contributed by atoms with van der Waals surface area (Å²) in [5, 5.41) is 2.99. The fraction of sp³-hybridized carbons (Fsp3) is 0.500. The lowest BCUT2D eigenvalue weighted by atomic mass is 10.2. The Balaban J connectivity index is 1.91. The minimum atomic E-state index is -0.0566. The van der Waals surface area contributed by atoms with Crippen LogP contribution in [0.15, 0.2) is 27.6 Å². The van der Waals surface area contributed by atoms with Gasteiger partial charge in [0.15, 0.2) is 0 Å². The van der Waals surface area contributed by atoms with Gasteiger partial charge in [-0.05, 0) is 60.9 Å². The number of nitrogens with zero attached hydrogens (tertiary/aromatic N) is 1. The van der Waals surface area contributed by atoms with Crippen molar-refractivity contribution < 1.29 is 4.79 Å². The summed E-state index contributed by atoms with van der Waals surface area (Å²) in [5.41, 5.74) is 0.633. The molecule has 2 rings (SSSR count). The predicted octanol–water partition coefficient (Wildman–Crippen LogP) is 2.95. The molecule has 0 aromatic heterocycles. The van der Waals surface area contributed by atoms with Crippen molar-refractivity contribution in [2.75, 3.05) is 13.6 Å². The lowest BCUT2D eigenvalue weighted by molar-refractivity contribution is 0.0938. The number of carbonyl (C=O) groups is 1. The van der Waals surface area contributed by atoms with Gasteiger partial charge in [-0.15, -0.1) is 12.6 Å². The summed E-state index contributed by atoms with van der Waals surface area (Å²) in [4.78, 5) is 15.3. The molecule has 0 bridgehead atoms. The Hall–Kier alpha value is -0.520. The first-order valence-electron chi connectivity index (χ1n) is 6.47. The Bertz CT molecular complexity index is 477. The molecule has 3 nitrogen and oxygen atoms in total. The molecule has 1 aliphatic rings. The number of carbonyl (C=O) groups excluding carboxylic acids is 1. The summed E-state index contributed by atoms with van der Waals surface area (Å²) in [6.45, 7) is 2.80. The summed E-state index contributed by atoms with van der Waals surface area (Å²) < 4.78 is 0.797. The summed E-state index contributed by atoms with van der Waals surface area (Å²) in [5.74, 6) is -0.0566. The number of rotatable bonds is 5. The van der Waals surface area contributed by atoms with Crippen LogP contribution in [0.4, 0.5) is 0 Å². The standard InChI is InChI=1S/C14H19BrN2OS/c1-9(17(2)10-3-4-10)8-16-14(18)12-7-11(19)5-6-13(12)15/h5-7,9-10,19H,3-4,8H2,1-2H3,(H,16,18). The summed E-state index contributed by atoms with van der Waals surface area (Å²) in [6.07, 6.45) is 2.56. The van der Waals surface area contributed by atoms with E-state index in [9.17, 15) is 4.79 Å². The van der Waals surface area contributed by atoms with Crippen LogP contribution in [0.2, 0.25) is 0 Å². The maximum atomic E-state index is 12.1. The summed E-state index contributed by atoms with van der Waals surface area (Å²) in [6, 6.07) is 6.54. The minimum absolute atomic E-state index is 0.0566. The smallest absolute Gasteiger partial charge is 0.252 e. The highest BCUT2D eigenvalue weighted by Crippen LogP contribution is 2.26. The lowest BCUT2D eigenvalue weighted by Gasteiger charge is -2.24. The molecular formula is C14H19BrN2OS. The van der Waals surface area contributed by atoms with Crippen molar-refractivity contribution in [3.63, 3.8) is 0 Å². The molecule has 0 radical (unpaired) electrons. The van der Waals surface area contributed by atoms with Crippen molar-refractivity contribution in [1.29, 1.82) is 0 Å². The number of likely N-dealkylation sites (N-methyl/N-ethyl adjacent to an activating group) is 1. The third kappa shape index (κ3) is 3.97. The van der Waals surface area contributed by atoms with Crippen LogP contribution in [-0.4, -0.2) is 36.5 Å². The fourth-order valence-corrected chi connectivity index (χ4v) is 2.64. The molecule has 1 aromatic rings. The van der Waals surface area contributed by atoms with E-state index in [2.05, 4.69) is 52.7 Å². The molecule has 1 amide bonds. The molecule has 104 valence electrons. The normalized spacial score (nSPS) is 16.5. The predicted molar refractivity (Wildman–Crippen MR) is 84.0 cm³/mol. The number of benzene rings is 1. The van der Waals surface area contributed by atoms with E-state index in [0.29, 0.717) is 24.2 Å². The quantitative estimate of drug-likeness (QED) is 0.806. The number of amides is 1. The third-order valence-corrected chi connectivity index (χ3v) is 4.54. The van der Waals surface area contributed by atoms with E-state index in [1.807, 2.05) is 12.1 Å². The second-order valence-electron chi connectivity index (χ2n) is 5.12. The van der Waals surface area contributed by atoms with Gasteiger partial charge in [0.2, 0.25) is 0 Å². The molecule has 1 atom stereocenters. The van der Waals surface area contributed by atoms with Crippen LogP contribution in [0.25, 0.3) is 0 Å². The first-order chi connectivity index (χ1) is 8.99. The van der Waals surface area contributed by atoms with Gasteiger partial charge in [-0.3, -0.25) is 9.69 Å². The van der Waals surface area contributed by atoms with Crippen molar-refractivity contribution in [2.24, 2.45) is 0 Å². The Morgan fingerprint density at radius 2 is 2.26 bits per heavy atom. The van der Waals surface area contributed by atoms with E-state index >= 15 is 0 Å². The zero-order chi connectivity index (χ0) is 14.0. The maximum absolute atomic E-state index is 12.1. The molecular weight excluding hydrogens is 324 g/mol. The van der Waals surface area contributed by atoms with Crippen molar-refractivity contribution in [2.45, 2.75) is 36.7 Å². The minimum Gasteiger partial charge on any atom is -0.350 e. The second kappa shape index (κ2) is 6.29. The van der Waals surface area contributed by atoms with Gasteiger partial charge in [-0.25, -0.2) is 0 Å². The van der Waals surface area contributed by atoms with E-state index in [-0.39, 0.29) is 5.91 Å². The number of nitrogens with one attached hydrogen (secondary N) is 1. The average Bonchev–Trinajstić information content (AvgIpc) is 3.21. The lowest BCUT2D eigenvalue weighted by Crippen LogP contribution is -2.41. The highest BCUT2D eigenvalue weighted by Gasteiger charge is 2.29. The van der Waals surface area contributed by atoms with Crippen molar-refractivity contribution in [3.8, 4) is 0 Å². The summed E-state index contributed by atoms with van der Waals surface area (Å²) >= 11 is 7.66. The van der Waals surface area contributed by atoms with E-state index in [1.54, 1.807) is 6.07 Å². The highest BCUT2D eigenvalue weighted by atomic mass is 79.9. The van der Waals surface area contributed by atoms with Gasteiger partial charge < -0.3 is 5.32 Å². The third-order valence-electron chi connectivity index (χ3n) is 3.57. The molecule has 1 N–H and O–H groups in total. The molecule has 0 spiro atoms. The molecule has 19 heavy (non-hydrogen) atoms. The SMILES string of the molecule is CC(CNC(=O)c1cc(S)ccc1Br)N(C)C1CC1. The molecule has 1 aromatic carbocycles. The van der Waals surface area contributed by atoms with Crippen LogP contribution in [0, 0.1) is 0 Å². The van der Waals surface area contributed by atoms with Crippen LogP contribution in [-0.2, 0) is 0 Å². The molecule has 1 unspecified atom stereocenters. The number of hydrogen-bond acceptors (Lipinski definition) is 3. The van der Waals surface area contributed by atoms with Crippen LogP contribution in [0.1, 0.15) is 30.1 Å². The molecule has 1 aliphatic carbocycles. The van der Waals surface area contributed by atoms with E-state index in [4.69, 9.17) is 0 Å². The van der Waals surface area contributed by atoms with Gasteiger partial charge in [-0.1, -0.05) is 0 Å². The molecule has 0 saturated heterocycles. The van der Waals surface area contributed by atoms with Gasteiger partial charge in [0.05, 0.1) is 5.56 Å². The van der Waals surface area contributed by atoms with Crippen LogP contribution < -0.4 is 5.32 Å². The Labute approximate surface area is 128 Å². The van der Waals surface area contributed by atoms with E-state index in [1.165, 1.54) is 12.8 Å². The van der Waals surface area contributed by atoms with Crippen LogP contribution in [0.3, 0.4) is 0 Å². The van der Waals surface area contributed by atoms with Gasteiger partial charge in [0.25, 0.3) is 5.91 Å². The Kier molecular flexibility index (Phi) is 4.92. The first kappa shape index (κ1) is 14.9. The second-order valence-corrected chi connectivity index (χ2v) is 6.49. The van der Waals surface area contributed by atoms with Crippen molar-refractivity contribution in [3.05, 3.63) is 28.2 Å². The van der Waals surface area contributed by atoms with Gasteiger partial charge in [0, 0.05) is 28.0 Å². The van der Waals surface area contributed by atoms with Crippen LogP contribution >= 0.6 is 28.6 Å². The summed E-state index contributed by atoms with van der Waals surface area (Å²) in [7, 11) is 2.12. The molecule has 0 heterocycles. The number of halogens is 1. The highest BCUT2D eigenvalue weighted by molar-refractivity contribution is 9.10. The molecule has 1 saturated carbocycles. The van der Waals surface area contributed by atoms with Gasteiger partial charge in [0.1, 0.15) is 0 Å². The van der Waals surface area contributed by atoms with Crippen molar-refractivity contribution in [1.82, 2.24) is 10.2 Å². The Morgan fingerprint density at radius 1 is 1.58 bits per heavy atom. The Morgan fingerprint density at radius 3 is 2.89 bits per heavy atom.